The number of hydrogen-bond donors (Lipinski definition) is 1. The number of aliphatic hydroxyl groups excluding tert-OH is 1. The van der Waals surface area contributed by atoms with E-state index < -0.39 is 0 Å². The van der Waals surface area contributed by atoms with E-state index in [1.54, 1.807) is 0 Å². The highest BCUT2D eigenvalue weighted by Crippen LogP contribution is 2.21. The van der Waals surface area contributed by atoms with Crippen LogP contribution in [0.1, 0.15) is 226 Å². The lowest BCUT2D eigenvalue weighted by Gasteiger charge is -2.21. The van der Waals surface area contributed by atoms with Crippen LogP contribution in [-0.2, 0) is 9.53 Å². The van der Waals surface area contributed by atoms with Crippen LogP contribution in [0.5, 0.6) is 0 Å². The monoisotopic (exact) mass is 678 g/mol. The van der Waals surface area contributed by atoms with E-state index in [1.165, 1.54) is 180 Å². The Hall–Kier alpha value is -0.870. The van der Waals surface area contributed by atoms with Gasteiger partial charge >= 0.3 is 5.97 Å². The molecule has 0 heterocycles. The van der Waals surface area contributed by atoms with Gasteiger partial charge in [0.15, 0.2) is 0 Å². The van der Waals surface area contributed by atoms with Crippen molar-refractivity contribution in [2.24, 2.45) is 5.92 Å². The van der Waals surface area contributed by atoms with Crippen molar-refractivity contribution in [2.45, 2.75) is 226 Å². The third-order valence-electron chi connectivity index (χ3n) is 10.1. The number of nitrogens with zero attached hydrogens (tertiary/aromatic N) is 1. The topological polar surface area (TPSA) is 49.8 Å². The number of esters is 1. The van der Waals surface area contributed by atoms with Crippen LogP contribution >= 0.6 is 0 Å². The SMILES string of the molecule is CCCCCCCCOC(=O)CCCCCCCN(CCO)CCCCCCC/C=C\C(CCCCCCCC)CCCCCCCC. The number of unbranched alkanes of at least 4 members (excludes halogenated alkanes) is 24. The van der Waals surface area contributed by atoms with Gasteiger partial charge in [0.05, 0.1) is 13.2 Å². The lowest BCUT2D eigenvalue weighted by molar-refractivity contribution is -0.143. The highest BCUT2D eigenvalue weighted by atomic mass is 16.5. The van der Waals surface area contributed by atoms with Gasteiger partial charge < -0.3 is 14.7 Å². The Morgan fingerprint density at radius 1 is 0.542 bits per heavy atom. The van der Waals surface area contributed by atoms with E-state index in [0.29, 0.717) is 13.0 Å². The minimum Gasteiger partial charge on any atom is -0.466 e. The first-order valence-electron chi connectivity index (χ1n) is 21.8. The van der Waals surface area contributed by atoms with Crippen molar-refractivity contribution in [2.75, 3.05) is 32.8 Å². The molecule has 0 atom stereocenters. The Morgan fingerprint density at radius 2 is 0.979 bits per heavy atom. The van der Waals surface area contributed by atoms with Gasteiger partial charge in [0.1, 0.15) is 0 Å². The van der Waals surface area contributed by atoms with Crippen molar-refractivity contribution in [3.63, 3.8) is 0 Å². The molecular formula is C44H87NO3. The molecule has 0 aliphatic heterocycles. The van der Waals surface area contributed by atoms with E-state index in [0.717, 1.165) is 44.8 Å². The van der Waals surface area contributed by atoms with E-state index in [9.17, 15) is 9.90 Å². The summed E-state index contributed by atoms with van der Waals surface area (Å²) in [6, 6.07) is 0. The predicted molar refractivity (Wildman–Crippen MR) is 212 cm³/mol. The van der Waals surface area contributed by atoms with Gasteiger partial charge in [-0.3, -0.25) is 4.79 Å². The lowest BCUT2D eigenvalue weighted by Crippen LogP contribution is -2.29. The number of ether oxygens (including phenoxy) is 1. The van der Waals surface area contributed by atoms with Crippen LogP contribution < -0.4 is 0 Å². The fourth-order valence-corrected chi connectivity index (χ4v) is 6.88. The molecule has 0 aliphatic rings. The molecule has 0 aliphatic carbocycles. The third-order valence-corrected chi connectivity index (χ3v) is 10.1. The number of carbonyl (C=O) groups excluding carboxylic acids is 1. The number of rotatable bonds is 40. The zero-order valence-electron chi connectivity index (χ0n) is 33.1. The van der Waals surface area contributed by atoms with Crippen LogP contribution in [-0.4, -0.2) is 48.8 Å². The zero-order valence-corrected chi connectivity index (χ0v) is 33.1. The number of carbonyl (C=O) groups is 1. The normalized spacial score (nSPS) is 11.9. The summed E-state index contributed by atoms with van der Waals surface area (Å²) in [6.07, 6.45) is 46.2. The molecule has 0 aromatic carbocycles. The molecule has 0 amide bonds. The molecule has 0 bridgehead atoms. The molecule has 4 heteroatoms. The Bertz CT molecular complexity index is 635. The number of allylic oxidation sites excluding steroid dienone is 2. The molecule has 0 saturated carbocycles. The molecule has 0 radical (unpaired) electrons. The van der Waals surface area contributed by atoms with Crippen molar-refractivity contribution in [1.82, 2.24) is 4.90 Å². The van der Waals surface area contributed by atoms with E-state index in [-0.39, 0.29) is 12.6 Å². The van der Waals surface area contributed by atoms with Gasteiger partial charge in [0.2, 0.25) is 0 Å². The van der Waals surface area contributed by atoms with Crippen molar-refractivity contribution in [3.05, 3.63) is 12.2 Å². The summed E-state index contributed by atoms with van der Waals surface area (Å²) < 4.78 is 5.40. The van der Waals surface area contributed by atoms with E-state index in [2.05, 4.69) is 37.8 Å². The first-order chi connectivity index (χ1) is 23.7. The zero-order chi connectivity index (χ0) is 35.0. The quantitative estimate of drug-likeness (QED) is 0.0398. The Morgan fingerprint density at radius 3 is 1.50 bits per heavy atom. The molecule has 0 aromatic rings. The van der Waals surface area contributed by atoms with E-state index in [1.807, 2.05) is 0 Å². The molecule has 0 fully saturated rings. The summed E-state index contributed by atoms with van der Waals surface area (Å²) in [5.41, 5.74) is 0. The molecule has 48 heavy (non-hydrogen) atoms. The fourth-order valence-electron chi connectivity index (χ4n) is 6.88. The molecule has 0 unspecified atom stereocenters. The van der Waals surface area contributed by atoms with Crippen LogP contribution in [0.4, 0.5) is 0 Å². The summed E-state index contributed by atoms with van der Waals surface area (Å²) in [6.45, 7) is 10.7. The Labute approximate surface area is 302 Å². The minimum absolute atomic E-state index is 0.0135. The highest BCUT2D eigenvalue weighted by Gasteiger charge is 2.07. The summed E-state index contributed by atoms with van der Waals surface area (Å²) in [5, 5.41) is 9.54. The van der Waals surface area contributed by atoms with Gasteiger partial charge in [-0.05, 0) is 70.4 Å². The average Bonchev–Trinajstić information content (AvgIpc) is 3.09. The van der Waals surface area contributed by atoms with Crippen molar-refractivity contribution in [3.8, 4) is 0 Å². The summed E-state index contributed by atoms with van der Waals surface area (Å²) in [7, 11) is 0. The lowest BCUT2D eigenvalue weighted by atomic mass is 9.93. The third kappa shape index (κ3) is 36.4. The highest BCUT2D eigenvalue weighted by molar-refractivity contribution is 5.69. The fraction of sp³-hybridized carbons (Fsp3) is 0.932. The maximum absolute atomic E-state index is 11.9. The molecule has 0 saturated heterocycles. The average molecular weight is 678 g/mol. The van der Waals surface area contributed by atoms with Crippen LogP contribution in [0.2, 0.25) is 0 Å². The molecule has 286 valence electrons. The maximum atomic E-state index is 11.9. The van der Waals surface area contributed by atoms with Crippen molar-refractivity contribution in [1.29, 1.82) is 0 Å². The van der Waals surface area contributed by atoms with Crippen LogP contribution in [0.3, 0.4) is 0 Å². The first kappa shape index (κ1) is 47.1. The molecule has 0 aromatic heterocycles. The van der Waals surface area contributed by atoms with Gasteiger partial charge in [-0.25, -0.2) is 0 Å². The Kier molecular flexibility index (Phi) is 39.8. The van der Waals surface area contributed by atoms with Crippen LogP contribution in [0.25, 0.3) is 0 Å². The molecule has 0 rings (SSSR count). The largest absolute Gasteiger partial charge is 0.466 e. The van der Waals surface area contributed by atoms with Crippen molar-refractivity contribution >= 4 is 5.97 Å². The smallest absolute Gasteiger partial charge is 0.305 e. The second kappa shape index (κ2) is 40.6. The van der Waals surface area contributed by atoms with Gasteiger partial charge in [0.25, 0.3) is 0 Å². The summed E-state index contributed by atoms with van der Waals surface area (Å²) in [4.78, 5) is 14.4. The second-order valence-electron chi connectivity index (χ2n) is 14.9. The minimum atomic E-state index is -0.0135. The molecule has 0 spiro atoms. The van der Waals surface area contributed by atoms with Crippen molar-refractivity contribution < 1.29 is 14.6 Å². The van der Waals surface area contributed by atoms with Gasteiger partial charge in [-0.1, -0.05) is 181 Å². The maximum Gasteiger partial charge on any atom is 0.305 e. The second-order valence-corrected chi connectivity index (χ2v) is 14.9. The molecular weight excluding hydrogens is 590 g/mol. The predicted octanol–water partition coefficient (Wildman–Crippen LogP) is 13.5. The Balaban J connectivity index is 3.91. The first-order valence-corrected chi connectivity index (χ1v) is 21.8. The van der Waals surface area contributed by atoms with Gasteiger partial charge in [-0.15, -0.1) is 0 Å². The van der Waals surface area contributed by atoms with E-state index in [4.69, 9.17) is 4.74 Å². The van der Waals surface area contributed by atoms with Crippen LogP contribution in [0, 0.1) is 5.92 Å². The number of aliphatic hydroxyl groups is 1. The van der Waals surface area contributed by atoms with Gasteiger partial charge in [-0.2, -0.15) is 0 Å². The molecule has 4 nitrogen and oxygen atoms in total. The standard InChI is InChI=1S/C44H87NO3/c1-4-7-10-13-20-27-34-43(35-28-21-14-11-8-5-2)36-29-22-17-16-18-24-31-38-45(40-41-46)39-32-25-19-23-30-37-44(47)48-42-33-26-15-12-9-6-3/h29,36,43,46H,4-28,30-35,37-42H2,1-3H3/b36-29-. The molecule has 1 N–H and O–H groups in total. The van der Waals surface area contributed by atoms with Crippen LogP contribution in [0.15, 0.2) is 12.2 Å². The summed E-state index contributed by atoms with van der Waals surface area (Å²) >= 11 is 0. The van der Waals surface area contributed by atoms with Gasteiger partial charge in [0, 0.05) is 13.0 Å². The summed E-state index contributed by atoms with van der Waals surface area (Å²) in [5.74, 6) is 0.795. The number of hydrogen-bond acceptors (Lipinski definition) is 4. The van der Waals surface area contributed by atoms with E-state index >= 15 is 0 Å².